The molecule has 1 saturated carbocycles. The Labute approximate surface area is 129 Å². The van der Waals surface area contributed by atoms with Gasteiger partial charge in [-0.3, -0.25) is 0 Å². The number of anilines is 1. The van der Waals surface area contributed by atoms with Crippen molar-refractivity contribution in [1.82, 2.24) is 5.32 Å². The first-order valence-corrected chi connectivity index (χ1v) is 8.81. The lowest BCUT2D eigenvalue weighted by Crippen LogP contribution is -2.60. The van der Waals surface area contributed by atoms with Gasteiger partial charge in [0.1, 0.15) is 0 Å². The Morgan fingerprint density at radius 3 is 2.43 bits per heavy atom. The van der Waals surface area contributed by atoms with Crippen LogP contribution in [0.25, 0.3) is 0 Å². The lowest BCUT2D eigenvalue weighted by Gasteiger charge is -2.46. The van der Waals surface area contributed by atoms with Crippen LogP contribution in [-0.2, 0) is 0 Å². The van der Waals surface area contributed by atoms with Crippen molar-refractivity contribution < 1.29 is 0 Å². The lowest BCUT2D eigenvalue weighted by atomic mass is 9.82. The summed E-state index contributed by atoms with van der Waals surface area (Å²) in [6.45, 7) is 7.01. The molecule has 1 N–H and O–H groups in total. The molecule has 2 fully saturated rings. The van der Waals surface area contributed by atoms with Crippen LogP contribution in [0.4, 0.5) is 5.69 Å². The van der Waals surface area contributed by atoms with Gasteiger partial charge in [-0.1, -0.05) is 51.3 Å². The van der Waals surface area contributed by atoms with E-state index in [0.717, 1.165) is 12.5 Å². The molecule has 2 nitrogen and oxygen atoms in total. The van der Waals surface area contributed by atoms with E-state index in [0.29, 0.717) is 18.0 Å². The Hall–Kier alpha value is -1.02. The van der Waals surface area contributed by atoms with Gasteiger partial charge >= 0.3 is 0 Å². The third kappa shape index (κ3) is 3.42. The monoisotopic (exact) mass is 286 g/mol. The second-order valence-electron chi connectivity index (χ2n) is 7.21. The van der Waals surface area contributed by atoms with E-state index in [9.17, 15) is 0 Å². The number of nitrogens with one attached hydrogen (secondary N) is 1. The van der Waals surface area contributed by atoms with Crippen LogP contribution in [0, 0.1) is 11.8 Å². The Kier molecular flexibility index (Phi) is 4.84. The molecular weight excluding hydrogens is 256 g/mol. The normalized spacial score (nSPS) is 28.0. The van der Waals surface area contributed by atoms with Crippen molar-refractivity contribution in [3.63, 3.8) is 0 Å². The van der Waals surface area contributed by atoms with Gasteiger partial charge in [-0.05, 0) is 36.8 Å². The molecule has 2 atom stereocenters. The molecule has 1 aromatic carbocycles. The third-order valence-corrected chi connectivity index (χ3v) is 5.46. The average Bonchev–Trinajstić information content (AvgIpc) is 2.56. The predicted octanol–water partition coefficient (Wildman–Crippen LogP) is 4.07. The molecule has 3 rings (SSSR count). The van der Waals surface area contributed by atoms with Gasteiger partial charge in [0.2, 0.25) is 0 Å². The molecule has 116 valence electrons. The summed E-state index contributed by atoms with van der Waals surface area (Å²) in [6.07, 6.45) is 7.16. The van der Waals surface area contributed by atoms with Gasteiger partial charge in [0.05, 0.1) is 0 Å². The Balaban J connectivity index is 1.75. The first-order chi connectivity index (χ1) is 10.3. The minimum atomic E-state index is 0.618. The highest BCUT2D eigenvalue weighted by Crippen LogP contribution is 2.31. The highest BCUT2D eigenvalue weighted by Gasteiger charge is 2.34. The summed E-state index contributed by atoms with van der Waals surface area (Å²) in [5.74, 6) is 1.57. The minimum Gasteiger partial charge on any atom is -0.365 e. The maximum Gasteiger partial charge on any atom is 0.0438 e. The lowest BCUT2D eigenvalue weighted by molar-refractivity contribution is 0.229. The van der Waals surface area contributed by atoms with Gasteiger partial charge in [0, 0.05) is 30.9 Å². The molecule has 0 bridgehead atoms. The van der Waals surface area contributed by atoms with Gasteiger partial charge in [0.25, 0.3) is 0 Å². The summed E-state index contributed by atoms with van der Waals surface area (Å²) < 4.78 is 0. The number of nitrogens with zero attached hydrogens (tertiary/aromatic N) is 1. The molecule has 2 aliphatic rings. The summed E-state index contributed by atoms with van der Waals surface area (Å²) in [5.41, 5.74) is 1.40. The molecule has 0 aromatic heterocycles. The largest absolute Gasteiger partial charge is 0.365 e. The number of piperazine rings is 1. The first kappa shape index (κ1) is 14.9. The van der Waals surface area contributed by atoms with Gasteiger partial charge < -0.3 is 10.2 Å². The standard InChI is InChI=1S/C19H30N2/c1-15(2)19-13-20-18(16-9-5-3-6-10-16)14-21(19)17-11-7-4-8-12-17/h4,7-8,11-12,15-16,18-20H,3,5-6,9-10,13-14H2,1-2H3. The molecule has 21 heavy (non-hydrogen) atoms. The predicted molar refractivity (Wildman–Crippen MR) is 90.8 cm³/mol. The van der Waals surface area contributed by atoms with Crippen molar-refractivity contribution in [2.24, 2.45) is 11.8 Å². The van der Waals surface area contributed by atoms with E-state index < -0.39 is 0 Å². The Morgan fingerprint density at radius 2 is 1.76 bits per heavy atom. The van der Waals surface area contributed by atoms with Crippen molar-refractivity contribution in [1.29, 1.82) is 0 Å². The first-order valence-electron chi connectivity index (χ1n) is 8.81. The van der Waals surface area contributed by atoms with Crippen molar-refractivity contribution in [3.05, 3.63) is 30.3 Å². The molecule has 2 heteroatoms. The van der Waals surface area contributed by atoms with Crippen molar-refractivity contribution in [3.8, 4) is 0 Å². The zero-order valence-electron chi connectivity index (χ0n) is 13.6. The van der Waals surface area contributed by atoms with Gasteiger partial charge in [-0.2, -0.15) is 0 Å². The average molecular weight is 286 g/mol. The van der Waals surface area contributed by atoms with Crippen LogP contribution in [0.5, 0.6) is 0 Å². The quantitative estimate of drug-likeness (QED) is 0.901. The van der Waals surface area contributed by atoms with E-state index in [4.69, 9.17) is 0 Å². The number of para-hydroxylation sites is 1. The van der Waals surface area contributed by atoms with Crippen LogP contribution < -0.4 is 10.2 Å². The highest BCUT2D eigenvalue weighted by atomic mass is 15.2. The summed E-state index contributed by atoms with van der Waals surface area (Å²) >= 11 is 0. The van der Waals surface area contributed by atoms with E-state index >= 15 is 0 Å². The van der Waals surface area contributed by atoms with Crippen LogP contribution >= 0.6 is 0 Å². The fraction of sp³-hybridized carbons (Fsp3) is 0.684. The maximum absolute atomic E-state index is 3.88. The van der Waals surface area contributed by atoms with Crippen molar-refractivity contribution >= 4 is 5.69 Å². The zero-order chi connectivity index (χ0) is 14.7. The summed E-state index contributed by atoms with van der Waals surface area (Å²) in [6, 6.07) is 12.3. The third-order valence-electron chi connectivity index (χ3n) is 5.46. The van der Waals surface area contributed by atoms with Crippen LogP contribution in [0.3, 0.4) is 0 Å². The van der Waals surface area contributed by atoms with Gasteiger partial charge in [-0.25, -0.2) is 0 Å². The Morgan fingerprint density at radius 1 is 1.05 bits per heavy atom. The zero-order valence-corrected chi connectivity index (χ0v) is 13.6. The van der Waals surface area contributed by atoms with Gasteiger partial charge in [0.15, 0.2) is 0 Å². The number of rotatable bonds is 3. The molecule has 1 aliphatic carbocycles. The minimum absolute atomic E-state index is 0.618. The van der Waals surface area contributed by atoms with E-state index in [1.165, 1.54) is 44.3 Å². The topological polar surface area (TPSA) is 15.3 Å². The maximum atomic E-state index is 3.88. The van der Waals surface area contributed by atoms with Gasteiger partial charge in [-0.15, -0.1) is 0 Å². The van der Waals surface area contributed by atoms with Crippen LogP contribution in [0.2, 0.25) is 0 Å². The summed E-state index contributed by atoms with van der Waals surface area (Å²) in [7, 11) is 0. The van der Waals surface area contributed by atoms with Crippen molar-refractivity contribution in [2.45, 2.75) is 58.0 Å². The molecule has 2 unspecified atom stereocenters. The molecule has 1 saturated heterocycles. The fourth-order valence-electron chi connectivity index (χ4n) is 4.16. The summed E-state index contributed by atoms with van der Waals surface area (Å²) in [4.78, 5) is 2.67. The molecule has 0 spiro atoms. The molecule has 1 aromatic rings. The molecule has 1 heterocycles. The van der Waals surface area contributed by atoms with E-state index in [1.807, 2.05) is 0 Å². The van der Waals surface area contributed by atoms with Crippen LogP contribution in [-0.4, -0.2) is 25.2 Å². The van der Waals surface area contributed by atoms with E-state index in [1.54, 1.807) is 0 Å². The number of hydrogen-bond donors (Lipinski definition) is 1. The number of hydrogen-bond acceptors (Lipinski definition) is 2. The van der Waals surface area contributed by atoms with E-state index in [-0.39, 0.29) is 0 Å². The molecular formula is C19H30N2. The van der Waals surface area contributed by atoms with E-state index in [2.05, 4.69) is 54.4 Å². The van der Waals surface area contributed by atoms with Crippen LogP contribution in [0.1, 0.15) is 46.0 Å². The second kappa shape index (κ2) is 6.83. The number of benzene rings is 1. The molecule has 1 aliphatic heterocycles. The molecule has 0 amide bonds. The SMILES string of the molecule is CC(C)C1CNC(C2CCCCC2)CN1c1ccccc1. The Bertz CT molecular complexity index is 422. The molecule has 0 radical (unpaired) electrons. The smallest absolute Gasteiger partial charge is 0.0438 e. The van der Waals surface area contributed by atoms with Crippen molar-refractivity contribution in [2.75, 3.05) is 18.0 Å². The highest BCUT2D eigenvalue weighted by molar-refractivity contribution is 5.48. The van der Waals surface area contributed by atoms with Crippen LogP contribution in [0.15, 0.2) is 30.3 Å². The summed E-state index contributed by atoms with van der Waals surface area (Å²) in [5, 5.41) is 3.88. The fourth-order valence-corrected chi connectivity index (χ4v) is 4.16. The second-order valence-corrected chi connectivity index (χ2v) is 7.21.